The Morgan fingerprint density at radius 2 is 2.08 bits per heavy atom. The molecule has 0 unspecified atom stereocenters. The Kier molecular flexibility index (Phi) is 4.06. The van der Waals surface area contributed by atoms with E-state index < -0.39 is 28.7 Å². The highest BCUT2D eigenvalue weighted by atomic mass is 32.2. The number of halogens is 2. The molecule has 70 valence electrons. The summed E-state index contributed by atoms with van der Waals surface area (Å²) < 4.78 is 45.5. The molecule has 0 amide bonds. The van der Waals surface area contributed by atoms with Crippen molar-refractivity contribution in [3.8, 4) is 6.07 Å². The van der Waals surface area contributed by atoms with Gasteiger partial charge in [-0.25, -0.2) is 17.2 Å². The first-order valence-electron chi connectivity index (χ1n) is 2.99. The van der Waals surface area contributed by atoms with Crippen LogP contribution in [0.1, 0.15) is 0 Å². The second-order valence-electron chi connectivity index (χ2n) is 2.09. The summed E-state index contributed by atoms with van der Waals surface area (Å²) in [4.78, 5) is 0. The van der Waals surface area contributed by atoms with Crippen LogP contribution in [0.3, 0.4) is 0 Å². The van der Waals surface area contributed by atoms with Crippen molar-refractivity contribution in [2.75, 3.05) is 19.3 Å². The molecular weight excluding hydrogens is 190 g/mol. The summed E-state index contributed by atoms with van der Waals surface area (Å²) in [5.41, 5.74) is 0. The van der Waals surface area contributed by atoms with Gasteiger partial charge in [-0.2, -0.15) is 9.57 Å². The standard InChI is InChI=1S/C5H8F2N2O2S/c1-9(4-5(6)7)12(10,11)3-2-8/h5H,3-4H2,1H3. The highest BCUT2D eigenvalue weighted by molar-refractivity contribution is 7.89. The minimum Gasteiger partial charge on any atom is -0.211 e. The van der Waals surface area contributed by atoms with Crippen molar-refractivity contribution < 1.29 is 17.2 Å². The van der Waals surface area contributed by atoms with E-state index in [1.165, 1.54) is 6.07 Å². The Morgan fingerprint density at radius 1 is 1.58 bits per heavy atom. The summed E-state index contributed by atoms with van der Waals surface area (Å²) in [5.74, 6) is -0.768. The van der Waals surface area contributed by atoms with Crippen molar-refractivity contribution in [3.63, 3.8) is 0 Å². The summed E-state index contributed by atoms with van der Waals surface area (Å²) in [5, 5.41) is 8.04. The van der Waals surface area contributed by atoms with Gasteiger partial charge in [-0.1, -0.05) is 0 Å². The van der Waals surface area contributed by atoms with Crippen molar-refractivity contribution in [1.82, 2.24) is 4.31 Å². The first-order chi connectivity index (χ1) is 5.40. The predicted molar refractivity (Wildman–Crippen MR) is 38.0 cm³/mol. The molecule has 0 saturated heterocycles. The molecule has 0 heterocycles. The molecule has 12 heavy (non-hydrogen) atoms. The molecule has 0 N–H and O–H groups in total. The Hall–Kier alpha value is -0.740. The molecule has 0 aromatic rings. The minimum absolute atomic E-state index is 0.473. The van der Waals surface area contributed by atoms with Gasteiger partial charge in [0.05, 0.1) is 12.6 Å². The van der Waals surface area contributed by atoms with Gasteiger partial charge in [0.1, 0.15) is 0 Å². The molecule has 0 aromatic carbocycles. The zero-order valence-corrected chi connectivity index (χ0v) is 7.18. The molecular formula is C5H8F2N2O2S. The maximum absolute atomic E-state index is 11.7. The van der Waals surface area contributed by atoms with Gasteiger partial charge in [0.2, 0.25) is 10.0 Å². The third-order valence-electron chi connectivity index (χ3n) is 1.12. The van der Waals surface area contributed by atoms with Gasteiger partial charge in [0, 0.05) is 7.05 Å². The summed E-state index contributed by atoms with van der Waals surface area (Å²) >= 11 is 0. The van der Waals surface area contributed by atoms with E-state index in [2.05, 4.69) is 0 Å². The van der Waals surface area contributed by atoms with E-state index in [4.69, 9.17) is 5.26 Å². The van der Waals surface area contributed by atoms with Crippen LogP contribution in [-0.2, 0) is 10.0 Å². The molecule has 0 saturated carbocycles. The number of rotatable bonds is 4. The molecule has 0 atom stereocenters. The fraction of sp³-hybridized carbons (Fsp3) is 0.800. The van der Waals surface area contributed by atoms with E-state index >= 15 is 0 Å². The summed E-state index contributed by atoms with van der Waals surface area (Å²) in [6, 6.07) is 1.39. The third-order valence-corrected chi connectivity index (χ3v) is 2.71. The molecule has 0 aliphatic rings. The highest BCUT2D eigenvalue weighted by Crippen LogP contribution is 2.01. The number of hydrogen-bond acceptors (Lipinski definition) is 3. The molecule has 0 fully saturated rings. The fourth-order valence-electron chi connectivity index (χ4n) is 0.500. The molecule has 4 nitrogen and oxygen atoms in total. The topological polar surface area (TPSA) is 61.2 Å². The van der Waals surface area contributed by atoms with Crippen LogP contribution in [-0.4, -0.2) is 38.5 Å². The van der Waals surface area contributed by atoms with E-state index in [0.717, 1.165) is 7.05 Å². The Balaban J connectivity index is 4.29. The summed E-state index contributed by atoms with van der Waals surface area (Å²) in [7, 11) is -2.80. The third kappa shape index (κ3) is 3.59. The van der Waals surface area contributed by atoms with E-state index in [-0.39, 0.29) is 0 Å². The van der Waals surface area contributed by atoms with Crippen LogP contribution < -0.4 is 0 Å². The lowest BCUT2D eigenvalue weighted by molar-refractivity contribution is 0.126. The molecule has 0 radical (unpaired) electrons. The monoisotopic (exact) mass is 198 g/mol. The molecule has 0 rings (SSSR count). The first-order valence-corrected chi connectivity index (χ1v) is 4.60. The Morgan fingerprint density at radius 3 is 2.42 bits per heavy atom. The van der Waals surface area contributed by atoms with Gasteiger partial charge in [0.25, 0.3) is 6.43 Å². The predicted octanol–water partition coefficient (Wildman–Crippen LogP) is 0.0367. The van der Waals surface area contributed by atoms with Gasteiger partial charge in [-0.15, -0.1) is 0 Å². The van der Waals surface area contributed by atoms with Gasteiger partial charge < -0.3 is 0 Å². The van der Waals surface area contributed by atoms with Crippen LogP contribution in [0.15, 0.2) is 0 Å². The lowest BCUT2D eigenvalue weighted by atomic mass is 10.7. The maximum atomic E-state index is 11.7. The second-order valence-corrected chi connectivity index (χ2v) is 4.16. The molecule has 7 heteroatoms. The van der Waals surface area contributed by atoms with E-state index in [1.807, 2.05) is 0 Å². The van der Waals surface area contributed by atoms with Gasteiger partial charge in [0.15, 0.2) is 5.75 Å². The average molecular weight is 198 g/mol. The zero-order valence-electron chi connectivity index (χ0n) is 6.37. The zero-order chi connectivity index (χ0) is 9.78. The quantitative estimate of drug-likeness (QED) is 0.640. The van der Waals surface area contributed by atoms with Crippen LogP contribution in [0.4, 0.5) is 8.78 Å². The number of nitriles is 1. The second kappa shape index (κ2) is 4.33. The molecule has 0 bridgehead atoms. The Labute approximate surface area is 69.4 Å². The summed E-state index contributed by atoms with van der Waals surface area (Å²) in [6.07, 6.45) is -2.72. The maximum Gasteiger partial charge on any atom is 0.252 e. The van der Waals surface area contributed by atoms with Gasteiger partial charge in [-0.05, 0) is 0 Å². The van der Waals surface area contributed by atoms with Gasteiger partial charge >= 0.3 is 0 Å². The van der Waals surface area contributed by atoms with Crippen LogP contribution in [0, 0.1) is 11.3 Å². The van der Waals surface area contributed by atoms with Crippen molar-refractivity contribution in [2.24, 2.45) is 0 Å². The lowest BCUT2D eigenvalue weighted by Crippen LogP contribution is -2.32. The van der Waals surface area contributed by atoms with Crippen molar-refractivity contribution in [1.29, 1.82) is 5.26 Å². The Bertz CT molecular complexity index is 270. The smallest absolute Gasteiger partial charge is 0.211 e. The first kappa shape index (κ1) is 11.3. The minimum atomic E-state index is -3.81. The van der Waals surface area contributed by atoms with Crippen molar-refractivity contribution in [3.05, 3.63) is 0 Å². The van der Waals surface area contributed by atoms with Crippen LogP contribution in [0.2, 0.25) is 0 Å². The molecule has 0 aromatic heterocycles. The van der Waals surface area contributed by atoms with Crippen LogP contribution in [0.25, 0.3) is 0 Å². The van der Waals surface area contributed by atoms with Gasteiger partial charge in [-0.3, -0.25) is 0 Å². The SMILES string of the molecule is CN(CC(F)F)S(=O)(=O)CC#N. The summed E-state index contributed by atoms with van der Waals surface area (Å²) in [6.45, 7) is -0.871. The largest absolute Gasteiger partial charge is 0.252 e. The number of hydrogen-bond donors (Lipinski definition) is 0. The van der Waals surface area contributed by atoms with Crippen molar-refractivity contribution >= 4 is 10.0 Å². The van der Waals surface area contributed by atoms with E-state index in [9.17, 15) is 17.2 Å². The lowest BCUT2D eigenvalue weighted by Gasteiger charge is -2.13. The van der Waals surface area contributed by atoms with Crippen LogP contribution in [0.5, 0.6) is 0 Å². The van der Waals surface area contributed by atoms with E-state index in [0.29, 0.717) is 4.31 Å². The number of alkyl halides is 2. The van der Waals surface area contributed by atoms with E-state index in [1.54, 1.807) is 0 Å². The number of sulfonamides is 1. The fourth-order valence-corrected chi connectivity index (χ4v) is 1.22. The average Bonchev–Trinajstić information content (AvgIpc) is 1.85. The normalized spacial score (nSPS) is 12.0. The highest BCUT2D eigenvalue weighted by Gasteiger charge is 2.20. The number of nitrogens with zero attached hydrogens (tertiary/aromatic N) is 2. The van der Waals surface area contributed by atoms with Crippen molar-refractivity contribution in [2.45, 2.75) is 6.43 Å². The molecule has 0 spiro atoms. The molecule has 0 aliphatic carbocycles. The van der Waals surface area contributed by atoms with Crippen LogP contribution >= 0.6 is 0 Å². The molecule has 0 aliphatic heterocycles.